The van der Waals surface area contributed by atoms with E-state index in [0.29, 0.717) is 12.3 Å². The number of hydrogen-bond acceptors (Lipinski definition) is 3. The van der Waals surface area contributed by atoms with Crippen molar-refractivity contribution >= 4 is 27.8 Å². The van der Waals surface area contributed by atoms with Crippen LogP contribution in [0.3, 0.4) is 0 Å². The monoisotopic (exact) mass is 266 g/mol. The van der Waals surface area contributed by atoms with Crippen LogP contribution in [-0.2, 0) is 17.3 Å². The largest absolute Gasteiger partial charge is 0.478 e. The number of hydrogen-bond donors (Lipinski definition) is 1. The molecule has 1 N–H and O–H groups in total. The molecule has 0 aliphatic rings. The molecule has 96 valence electrons. The topological polar surface area (TPSA) is 72.2 Å². The first-order valence-corrected chi connectivity index (χ1v) is 7.29. The summed E-state index contributed by atoms with van der Waals surface area (Å²) >= 11 is 0. The maximum atomic E-state index is 11.0. The maximum absolute atomic E-state index is 11.0. The van der Waals surface area contributed by atoms with Gasteiger partial charge in [0.15, 0.2) is 0 Å². The van der Waals surface area contributed by atoms with Gasteiger partial charge in [-0.25, -0.2) is 9.78 Å². The molecule has 0 aliphatic carbocycles. The van der Waals surface area contributed by atoms with Crippen LogP contribution in [0.2, 0.25) is 0 Å². The molecule has 0 bridgehead atoms. The van der Waals surface area contributed by atoms with Gasteiger partial charge in [0, 0.05) is 29.4 Å². The lowest BCUT2D eigenvalue weighted by Crippen LogP contribution is -2.03. The van der Waals surface area contributed by atoms with Crippen LogP contribution in [-0.4, -0.2) is 36.8 Å². The van der Waals surface area contributed by atoms with E-state index in [1.54, 1.807) is 30.8 Å². The van der Waals surface area contributed by atoms with Gasteiger partial charge in [0.1, 0.15) is 0 Å². The molecule has 0 radical (unpaired) electrons. The average molecular weight is 266 g/mol. The van der Waals surface area contributed by atoms with E-state index >= 15 is 0 Å². The Hall–Kier alpha value is -1.69. The molecule has 0 aliphatic heterocycles. The van der Waals surface area contributed by atoms with E-state index in [0.717, 1.165) is 17.5 Å². The Balaban J connectivity index is 2.25. The molecule has 0 fully saturated rings. The third-order valence-corrected chi connectivity index (χ3v) is 3.56. The van der Waals surface area contributed by atoms with Crippen LogP contribution >= 0.6 is 0 Å². The van der Waals surface area contributed by atoms with Gasteiger partial charge < -0.3 is 9.67 Å². The van der Waals surface area contributed by atoms with E-state index in [-0.39, 0.29) is 5.56 Å². The van der Waals surface area contributed by atoms with Crippen LogP contribution in [0.4, 0.5) is 0 Å². The summed E-state index contributed by atoms with van der Waals surface area (Å²) in [5.41, 5.74) is 1.83. The van der Waals surface area contributed by atoms with E-state index in [4.69, 9.17) is 5.11 Å². The number of aromatic carboxylic acids is 1. The fourth-order valence-electron chi connectivity index (χ4n) is 1.81. The second-order valence-corrected chi connectivity index (χ2v) is 5.63. The van der Waals surface area contributed by atoms with E-state index < -0.39 is 16.8 Å². The molecular formula is C12H14N2O3S. The van der Waals surface area contributed by atoms with E-state index in [1.807, 2.05) is 4.57 Å². The second kappa shape index (κ2) is 5.30. The normalized spacial score (nSPS) is 12.7. The van der Waals surface area contributed by atoms with Crippen molar-refractivity contribution in [3.63, 3.8) is 0 Å². The summed E-state index contributed by atoms with van der Waals surface area (Å²) < 4.78 is 12.9. The molecule has 18 heavy (non-hydrogen) atoms. The van der Waals surface area contributed by atoms with E-state index in [2.05, 4.69) is 4.98 Å². The van der Waals surface area contributed by atoms with Gasteiger partial charge in [-0.1, -0.05) is 0 Å². The summed E-state index contributed by atoms with van der Waals surface area (Å²) in [7, 11) is -0.800. The Kier molecular flexibility index (Phi) is 3.76. The summed E-state index contributed by atoms with van der Waals surface area (Å²) in [6.07, 6.45) is 4.15. The summed E-state index contributed by atoms with van der Waals surface area (Å²) in [4.78, 5) is 15.1. The van der Waals surface area contributed by atoms with Gasteiger partial charge in [-0.15, -0.1) is 0 Å². The minimum Gasteiger partial charge on any atom is -0.478 e. The molecule has 5 nitrogen and oxygen atoms in total. The van der Waals surface area contributed by atoms with Crippen LogP contribution < -0.4 is 0 Å². The number of benzene rings is 1. The fraction of sp³-hybridized carbons (Fsp3) is 0.333. The van der Waals surface area contributed by atoms with Gasteiger partial charge in [0.05, 0.1) is 22.9 Å². The number of nitrogens with zero attached hydrogens (tertiary/aromatic N) is 2. The Morgan fingerprint density at radius 2 is 2.28 bits per heavy atom. The predicted octanol–water partition coefficient (Wildman–Crippen LogP) is 1.50. The standard InChI is InChI=1S/C12H14N2O3S/c1-18(17)6-2-5-14-8-13-10-4-3-9(12(15)16)7-11(10)14/h3-4,7-8H,2,5-6H2,1H3,(H,15,16). The highest BCUT2D eigenvalue weighted by molar-refractivity contribution is 7.84. The molecule has 0 amide bonds. The highest BCUT2D eigenvalue weighted by Gasteiger charge is 2.07. The molecule has 1 aromatic carbocycles. The number of rotatable bonds is 5. The van der Waals surface area contributed by atoms with Crippen molar-refractivity contribution < 1.29 is 14.1 Å². The van der Waals surface area contributed by atoms with Crippen molar-refractivity contribution in [3.8, 4) is 0 Å². The molecule has 6 heteroatoms. The van der Waals surface area contributed by atoms with Crippen LogP contribution in [0.25, 0.3) is 11.0 Å². The first kappa shape index (κ1) is 12.8. The van der Waals surface area contributed by atoms with Gasteiger partial charge in [-0.3, -0.25) is 4.21 Å². The molecule has 1 aromatic heterocycles. The highest BCUT2D eigenvalue weighted by Crippen LogP contribution is 2.15. The first-order valence-electron chi connectivity index (χ1n) is 5.56. The molecule has 1 unspecified atom stereocenters. The third-order valence-electron chi connectivity index (χ3n) is 2.70. The molecule has 2 rings (SSSR count). The molecule has 1 atom stereocenters. The zero-order valence-electron chi connectivity index (χ0n) is 10.00. The number of carbonyl (C=O) groups is 1. The smallest absolute Gasteiger partial charge is 0.335 e. The first-order chi connectivity index (χ1) is 8.58. The van der Waals surface area contributed by atoms with Gasteiger partial charge in [-0.05, 0) is 24.6 Å². The minimum atomic E-state index is -0.945. The van der Waals surface area contributed by atoms with Crippen LogP contribution in [0, 0.1) is 0 Å². The predicted molar refractivity (Wildman–Crippen MR) is 70.2 cm³/mol. The van der Waals surface area contributed by atoms with Gasteiger partial charge in [0.2, 0.25) is 0 Å². The van der Waals surface area contributed by atoms with Crippen molar-refractivity contribution in [2.75, 3.05) is 12.0 Å². The van der Waals surface area contributed by atoms with Gasteiger partial charge in [0.25, 0.3) is 0 Å². The molecule has 0 saturated carbocycles. The quantitative estimate of drug-likeness (QED) is 0.890. The van der Waals surface area contributed by atoms with E-state index in [1.165, 1.54) is 0 Å². The Bertz CT molecular complexity index is 606. The lowest BCUT2D eigenvalue weighted by Gasteiger charge is -2.03. The van der Waals surface area contributed by atoms with E-state index in [9.17, 15) is 9.00 Å². The highest BCUT2D eigenvalue weighted by atomic mass is 32.2. The third kappa shape index (κ3) is 2.76. The molecular weight excluding hydrogens is 252 g/mol. The second-order valence-electron chi connectivity index (χ2n) is 4.08. The Morgan fingerprint density at radius 3 is 2.94 bits per heavy atom. The van der Waals surface area contributed by atoms with Crippen LogP contribution in [0.15, 0.2) is 24.5 Å². The molecule has 0 spiro atoms. The lowest BCUT2D eigenvalue weighted by atomic mass is 10.2. The minimum absolute atomic E-state index is 0.253. The van der Waals surface area contributed by atoms with Gasteiger partial charge in [-0.2, -0.15) is 0 Å². The Labute approximate surface area is 107 Å². The summed E-state index contributed by atoms with van der Waals surface area (Å²) in [5.74, 6) is -0.308. The summed E-state index contributed by atoms with van der Waals surface area (Å²) in [6.45, 7) is 0.694. The zero-order chi connectivity index (χ0) is 13.1. The SMILES string of the molecule is CS(=O)CCCn1cnc2ccc(C(=O)O)cc21. The number of imidazole rings is 1. The number of fused-ring (bicyclic) bond motifs is 1. The summed E-state index contributed by atoms with van der Waals surface area (Å²) in [6, 6.07) is 4.87. The van der Waals surface area contributed by atoms with Crippen molar-refractivity contribution in [1.29, 1.82) is 0 Å². The number of carboxylic acid groups (broad SMARTS) is 1. The lowest BCUT2D eigenvalue weighted by molar-refractivity contribution is 0.0697. The average Bonchev–Trinajstić information content (AvgIpc) is 2.71. The molecule has 2 aromatic rings. The molecule has 1 heterocycles. The van der Waals surface area contributed by atoms with Crippen molar-refractivity contribution in [3.05, 3.63) is 30.1 Å². The maximum Gasteiger partial charge on any atom is 0.335 e. The van der Waals surface area contributed by atoms with Crippen molar-refractivity contribution in [2.24, 2.45) is 0 Å². The molecule has 0 saturated heterocycles. The Morgan fingerprint density at radius 1 is 1.50 bits per heavy atom. The van der Waals surface area contributed by atoms with Crippen molar-refractivity contribution in [2.45, 2.75) is 13.0 Å². The number of aromatic nitrogens is 2. The number of carboxylic acids is 1. The number of aryl methyl sites for hydroxylation is 1. The van der Waals surface area contributed by atoms with Crippen molar-refractivity contribution in [1.82, 2.24) is 9.55 Å². The summed E-state index contributed by atoms with van der Waals surface area (Å²) in [5, 5.41) is 8.95. The fourth-order valence-corrected chi connectivity index (χ4v) is 2.34. The van der Waals surface area contributed by atoms with Gasteiger partial charge >= 0.3 is 5.97 Å². The van der Waals surface area contributed by atoms with Crippen LogP contribution in [0.1, 0.15) is 16.8 Å². The van der Waals surface area contributed by atoms with Crippen LogP contribution in [0.5, 0.6) is 0 Å². The zero-order valence-corrected chi connectivity index (χ0v) is 10.8.